The first-order chi connectivity index (χ1) is 10.2. The van der Waals surface area contributed by atoms with Gasteiger partial charge in [0.15, 0.2) is 0 Å². The van der Waals surface area contributed by atoms with Crippen LogP contribution in [0.5, 0.6) is 5.75 Å². The number of amides is 1. The molecule has 0 saturated carbocycles. The van der Waals surface area contributed by atoms with Crippen molar-refractivity contribution >= 4 is 18.5 Å². The van der Waals surface area contributed by atoms with Crippen molar-refractivity contribution in [2.45, 2.75) is 45.3 Å². The molecule has 2 aliphatic rings. The lowest BCUT2D eigenvalue weighted by molar-refractivity contribution is 0.00578. The van der Waals surface area contributed by atoms with Gasteiger partial charge in [-0.3, -0.25) is 4.79 Å². The minimum Gasteiger partial charge on any atom is -0.497 e. The van der Waals surface area contributed by atoms with Crippen LogP contribution in [-0.4, -0.2) is 37.9 Å². The molecule has 0 atom stereocenters. The van der Waals surface area contributed by atoms with Gasteiger partial charge in [0.2, 0.25) is 0 Å². The van der Waals surface area contributed by atoms with Crippen molar-refractivity contribution in [3.63, 3.8) is 0 Å². The lowest BCUT2D eigenvalue weighted by Gasteiger charge is -2.32. The zero-order valence-corrected chi connectivity index (χ0v) is 13.8. The molecule has 0 spiro atoms. The molecule has 1 N–H and O–H groups in total. The number of hydrogen-bond acceptors (Lipinski definition) is 4. The van der Waals surface area contributed by atoms with Crippen LogP contribution in [0.25, 0.3) is 0 Å². The fourth-order valence-electron chi connectivity index (χ4n) is 2.79. The third kappa shape index (κ3) is 2.30. The predicted molar refractivity (Wildman–Crippen MR) is 84.7 cm³/mol. The summed E-state index contributed by atoms with van der Waals surface area (Å²) in [7, 11) is 1.08. The number of methoxy groups -OCH3 is 1. The third-order valence-electron chi connectivity index (χ3n) is 4.89. The van der Waals surface area contributed by atoms with Crippen molar-refractivity contribution < 1.29 is 18.8 Å². The molecular formula is C16H22BNO4. The lowest BCUT2D eigenvalue weighted by atomic mass is 9.76. The molecule has 2 heterocycles. The second kappa shape index (κ2) is 5.00. The zero-order chi connectivity index (χ0) is 16.1. The number of hydrogen-bond donors (Lipinski definition) is 1. The van der Waals surface area contributed by atoms with E-state index in [0.29, 0.717) is 17.9 Å². The maximum Gasteiger partial charge on any atom is 0.498 e. The van der Waals surface area contributed by atoms with Gasteiger partial charge in [-0.05, 0) is 51.8 Å². The summed E-state index contributed by atoms with van der Waals surface area (Å²) in [5.41, 5.74) is 1.58. The number of ether oxygens (including phenoxy) is 1. The summed E-state index contributed by atoms with van der Waals surface area (Å²) in [4.78, 5) is 12.1. The maximum atomic E-state index is 12.1. The Kier molecular flexibility index (Phi) is 3.49. The molecule has 0 radical (unpaired) electrons. The van der Waals surface area contributed by atoms with Gasteiger partial charge in [-0.2, -0.15) is 0 Å². The van der Waals surface area contributed by atoms with E-state index in [1.165, 1.54) is 0 Å². The maximum absolute atomic E-state index is 12.1. The first kappa shape index (κ1) is 15.4. The number of nitrogens with one attached hydrogen (secondary N) is 1. The Labute approximate surface area is 131 Å². The fraction of sp³-hybridized carbons (Fsp3) is 0.562. The molecule has 1 amide bonds. The molecule has 0 aliphatic carbocycles. The average Bonchev–Trinajstić information content (AvgIpc) is 2.66. The second-order valence-corrected chi connectivity index (χ2v) is 6.85. The Morgan fingerprint density at radius 1 is 1.18 bits per heavy atom. The molecule has 0 bridgehead atoms. The van der Waals surface area contributed by atoms with E-state index >= 15 is 0 Å². The number of rotatable bonds is 2. The first-order valence-electron chi connectivity index (χ1n) is 7.60. The molecular weight excluding hydrogens is 281 g/mol. The minimum absolute atomic E-state index is 0.0540. The highest BCUT2D eigenvalue weighted by molar-refractivity contribution is 6.63. The van der Waals surface area contributed by atoms with Crippen molar-refractivity contribution in [3.05, 3.63) is 23.3 Å². The third-order valence-corrected chi connectivity index (χ3v) is 4.89. The van der Waals surface area contributed by atoms with Crippen molar-refractivity contribution in [1.29, 1.82) is 0 Å². The van der Waals surface area contributed by atoms with E-state index in [2.05, 4.69) is 5.32 Å². The summed E-state index contributed by atoms with van der Waals surface area (Å²) in [5, 5.41) is 2.86. The number of carbonyl (C=O) groups is 1. The van der Waals surface area contributed by atoms with Crippen LogP contribution >= 0.6 is 0 Å². The van der Waals surface area contributed by atoms with E-state index in [9.17, 15) is 4.79 Å². The molecule has 5 nitrogen and oxygen atoms in total. The Bertz CT molecular complexity index is 611. The number of benzene rings is 1. The standard InChI is InChI=1S/C16H22BNO4/c1-15(2)16(3,4)22-17(21-15)12-9-11-10(8-13(12)20-5)6-7-18-14(11)19/h8-9H,6-7H2,1-5H3,(H,18,19). The van der Waals surface area contributed by atoms with Crippen LogP contribution in [0.1, 0.15) is 43.6 Å². The van der Waals surface area contributed by atoms with Crippen molar-refractivity contribution in [3.8, 4) is 5.75 Å². The van der Waals surface area contributed by atoms with E-state index in [1.807, 2.05) is 39.8 Å². The van der Waals surface area contributed by atoms with E-state index in [1.54, 1.807) is 7.11 Å². The van der Waals surface area contributed by atoms with Crippen LogP contribution in [0.15, 0.2) is 12.1 Å². The predicted octanol–water partition coefficient (Wildman–Crippen LogP) is 1.28. The Balaban J connectivity index is 2.04. The van der Waals surface area contributed by atoms with Crippen LogP contribution in [-0.2, 0) is 15.7 Å². The van der Waals surface area contributed by atoms with Gasteiger partial charge in [0, 0.05) is 17.6 Å². The molecule has 0 unspecified atom stereocenters. The smallest absolute Gasteiger partial charge is 0.497 e. The van der Waals surface area contributed by atoms with Gasteiger partial charge in [0.05, 0.1) is 18.3 Å². The zero-order valence-electron chi connectivity index (χ0n) is 13.8. The first-order valence-corrected chi connectivity index (χ1v) is 7.60. The molecule has 2 aliphatic heterocycles. The minimum atomic E-state index is -0.542. The van der Waals surface area contributed by atoms with Gasteiger partial charge in [0.1, 0.15) is 5.75 Å². The molecule has 1 aromatic carbocycles. The fourth-order valence-corrected chi connectivity index (χ4v) is 2.79. The normalized spacial score (nSPS) is 22.2. The quantitative estimate of drug-likeness (QED) is 0.836. The van der Waals surface area contributed by atoms with E-state index in [-0.39, 0.29) is 5.91 Å². The van der Waals surface area contributed by atoms with E-state index in [0.717, 1.165) is 17.4 Å². The van der Waals surface area contributed by atoms with Crippen LogP contribution in [0.3, 0.4) is 0 Å². The van der Waals surface area contributed by atoms with Gasteiger partial charge < -0.3 is 19.4 Å². The van der Waals surface area contributed by atoms with Crippen LogP contribution in [0, 0.1) is 0 Å². The molecule has 6 heteroatoms. The van der Waals surface area contributed by atoms with E-state index in [4.69, 9.17) is 14.0 Å². The Morgan fingerprint density at radius 3 is 2.41 bits per heavy atom. The summed E-state index contributed by atoms with van der Waals surface area (Å²) >= 11 is 0. The monoisotopic (exact) mass is 303 g/mol. The average molecular weight is 303 g/mol. The Morgan fingerprint density at radius 2 is 1.82 bits per heavy atom. The van der Waals surface area contributed by atoms with Gasteiger partial charge >= 0.3 is 7.12 Å². The lowest BCUT2D eigenvalue weighted by Crippen LogP contribution is -2.41. The summed E-state index contributed by atoms with van der Waals surface area (Å²) in [6, 6.07) is 3.76. The van der Waals surface area contributed by atoms with Gasteiger partial charge in [-0.15, -0.1) is 0 Å². The van der Waals surface area contributed by atoms with Gasteiger partial charge in [-0.1, -0.05) is 0 Å². The summed E-state index contributed by atoms with van der Waals surface area (Å²) < 4.78 is 17.7. The molecule has 22 heavy (non-hydrogen) atoms. The van der Waals surface area contributed by atoms with Crippen LogP contribution in [0.2, 0.25) is 0 Å². The van der Waals surface area contributed by atoms with Crippen molar-refractivity contribution in [2.75, 3.05) is 13.7 Å². The van der Waals surface area contributed by atoms with Crippen LogP contribution in [0.4, 0.5) is 0 Å². The largest absolute Gasteiger partial charge is 0.498 e. The van der Waals surface area contributed by atoms with E-state index < -0.39 is 18.3 Å². The topological polar surface area (TPSA) is 56.8 Å². The molecule has 0 aromatic heterocycles. The molecule has 1 aromatic rings. The number of fused-ring (bicyclic) bond motifs is 1. The second-order valence-electron chi connectivity index (χ2n) is 6.85. The van der Waals surface area contributed by atoms with Gasteiger partial charge in [0.25, 0.3) is 5.91 Å². The SMILES string of the molecule is COc1cc2c(cc1B1OC(C)(C)C(C)(C)O1)C(=O)NCC2. The molecule has 1 saturated heterocycles. The number of carbonyl (C=O) groups excluding carboxylic acids is 1. The highest BCUT2D eigenvalue weighted by atomic mass is 16.7. The van der Waals surface area contributed by atoms with Crippen molar-refractivity contribution in [1.82, 2.24) is 5.32 Å². The molecule has 3 rings (SSSR count). The molecule has 1 fully saturated rings. The van der Waals surface area contributed by atoms with Gasteiger partial charge in [-0.25, -0.2) is 0 Å². The van der Waals surface area contributed by atoms with Crippen molar-refractivity contribution in [2.24, 2.45) is 0 Å². The highest BCUT2D eigenvalue weighted by Crippen LogP contribution is 2.37. The summed E-state index contributed by atoms with van der Waals surface area (Å²) in [5.74, 6) is 0.647. The summed E-state index contributed by atoms with van der Waals surface area (Å²) in [6.07, 6.45) is 0.807. The Hall–Kier alpha value is -1.53. The highest BCUT2D eigenvalue weighted by Gasteiger charge is 2.52. The summed E-state index contributed by atoms with van der Waals surface area (Å²) in [6.45, 7) is 8.68. The molecule has 118 valence electrons. The van der Waals surface area contributed by atoms with Crippen LogP contribution < -0.4 is 15.5 Å².